The molecule has 4 heteroatoms. The summed E-state index contributed by atoms with van der Waals surface area (Å²) in [5, 5.41) is 10.2. The molecule has 0 bridgehead atoms. The van der Waals surface area contributed by atoms with Crippen LogP contribution in [0.25, 0.3) is 0 Å². The molecule has 0 amide bonds. The summed E-state index contributed by atoms with van der Waals surface area (Å²) in [6, 6.07) is 0. The predicted molar refractivity (Wildman–Crippen MR) is 27.1 cm³/mol. The zero-order chi connectivity index (χ0) is 7.28. The first-order chi connectivity index (χ1) is 4.20. The van der Waals surface area contributed by atoms with Crippen molar-refractivity contribution in [1.82, 2.24) is 0 Å². The van der Waals surface area contributed by atoms with Crippen molar-refractivity contribution < 1.29 is 19.4 Å². The summed E-state index contributed by atoms with van der Waals surface area (Å²) in [6.07, 6.45) is 0.722. The van der Waals surface area contributed by atoms with Crippen LogP contribution in [0.1, 0.15) is 0 Å². The van der Waals surface area contributed by atoms with E-state index in [-0.39, 0.29) is 0 Å². The normalized spacial score (nSPS) is 10.7. The Morgan fingerprint density at radius 1 is 1.44 bits per heavy atom. The van der Waals surface area contributed by atoms with Crippen LogP contribution in [0.3, 0.4) is 0 Å². The molecule has 4 nitrogen and oxygen atoms in total. The van der Waals surface area contributed by atoms with E-state index in [2.05, 4.69) is 9.47 Å². The Labute approximate surface area is 52.7 Å². The van der Waals surface area contributed by atoms with Gasteiger partial charge in [-0.15, -0.1) is 0 Å². The minimum absolute atomic E-state index is 0.707. The van der Waals surface area contributed by atoms with Crippen molar-refractivity contribution in [3.8, 4) is 0 Å². The van der Waals surface area contributed by atoms with Crippen LogP contribution in [0.5, 0.6) is 0 Å². The third kappa shape index (κ3) is 3.40. The molecular weight excluding hydrogens is 124 g/mol. The van der Waals surface area contributed by atoms with Crippen molar-refractivity contribution in [2.45, 2.75) is 0 Å². The highest BCUT2D eigenvalue weighted by atomic mass is 16.6. The average Bonchev–Trinajstić information content (AvgIpc) is 1.87. The second kappa shape index (κ2) is 3.77. The van der Waals surface area contributed by atoms with Gasteiger partial charge in [0.15, 0.2) is 0 Å². The molecule has 0 fully saturated rings. The quantitative estimate of drug-likeness (QED) is 0.274. The van der Waals surface area contributed by atoms with Gasteiger partial charge in [0.25, 0.3) is 0 Å². The van der Waals surface area contributed by atoms with Crippen molar-refractivity contribution in [2.24, 2.45) is 0 Å². The molecule has 52 valence electrons. The van der Waals surface area contributed by atoms with E-state index in [1.165, 1.54) is 14.2 Å². The van der Waals surface area contributed by atoms with E-state index in [1.807, 2.05) is 0 Å². The molecule has 0 unspecified atom stereocenters. The Bertz CT molecular complexity index is 127. The van der Waals surface area contributed by atoms with Crippen molar-refractivity contribution in [3.63, 3.8) is 0 Å². The average molecular weight is 131 g/mol. The number of hydrogen-bond acceptors (Lipinski definition) is 4. The maximum atomic E-state index is 10.2. The standard InChI is InChI=1S/C5H8O4/c1-8-4(6)3-5(7)9-2/h3,6H,1-2H3/p-1/b4-3-. The first-order valence-electron chi connectivity index (χ1n) is 2.21. The third-order valence-corrected chi connectivity index (χ3v) is 0.638. The summed E-state index contributed by atoms with van der Waals surface area (Å²) >= 11 is 0. The van der Waals surface area contributed by atoms with Gasteiger partial charge < -0.3 is 14.6 Å². The van der Waals surface area contributed by atoms with E-state index in [0.29, 0.717) is 0 Å². The van der Waals surface area contributed by atoms with E-state index in [9.17, 15) is 9.90 Å². The second-order valence-electron chi connectivity index (χ2n) is 1.19. The molecule has 0 saturated heterocycles. The number of esters is 1. The van der Waals surface area contributed by atoms with Crippen LogP contribution in [0, 0.1) is 0 Å². The number of methoxy groups -OCH3 is 2. The van der Waals surface area contributed by atoms with Gasteiger partial charge in [-0.05, 0) is 7.11 Å². The Hall–Kier alpha value is -1.19. The molecule has 0 aromatic rings. The highest BCUT2D eigenvalue weighted by Crippen LogP contribution is 1.83. The fraction of sp³-hybridized carbons (Fsp3) is 0.400. The smallest absolute Gasteiger partial charge is 0.332 e. The topological polar surface area (TPSA) is 58.6 Å². The van der Waals surface area contributed by atoms with Crippen molar-refractivity contribution in [2.75, 3.05) is 14.2 Å². The number of ether oxygens (including phenoxy) is 2. The first-order valence-corrected chi connectivity index (χ1v) is 2.21. The van der Waals surface area contributed by atoms with Crippen LogP contribution in [0.2, 0.25) is 0 Å². The van der Waals surface area contributed by atoms with Crippen LogP contribution >= 0.6 is 0 Å². The van der Waals surface area contributed by atoms with Crippen LogP contribution in [-0.4, -0.2) is 20.2 Å². The molecule has 0 radical (unpaired) electrons. The minimum Gasteiger partial charge on any atom is -0.616 e. The monoisotopic (exact) mass is 131 g/mol. The molecule has 0 aromatic carbocycles. The molecule has 0 rings (SSSR count). The maximum absolute atomic E-state index is 10.2. The highest BCUT2D eigenvalue weighted by molar-refractivity contribution is 5.81. The molecule has 0 aromatic heterocycles. The molecule has 9 heavy (non-hydrogen) atoms. The Morgan fingerprint density at radius 2 is 2.00 bits per heavy atom. The Kier molecular flexibility index (Phi) is 3.27. The molecule has 0 aliphatic rings. The fourth-order valence-corrected chi connectivity index (χ4v) is 0.214. The zero-order valence-corrected chi connectivity index (χ0v) is 5.21. The third-order valence-electron chi connectivity index (χ3n) is 0.638. The molecule has 0 heterocycles. The molecular formula is C5H7O4-. The summed E-state index contributed by atoms with van der Waals surface area (Å²) in [5.41, 5.74) is 0. The largest absolute Gasteiger partial charge is 0.616 e. The van der Waals surface area contributed by atoms with Gasteiger partial charge in [-0.3, -0.25) is 0 Å². The molecule has 0 N–H and O–H groups in total. The van der Waals surface area contributed by atoms with E-state index in [0.717, 1.165) is 6.08 Å². The number of carbonyl (C=O) groups is 1. The summed E-state index contributed by atoms with van der Waals surface area (Å²) in [5.74, 6) is -1.41. The van der Waals surface area contributed by atoms with E-state index >= 15 is 0 Å². The van der Waals surface area contributed by atoms with Gasteiger partial charge >= 0.3 is 5.97 Å². The summed E-state index contributed by atoms with van der Waals surface area (Å²) in [4.78, 5) is 10.2. The number of hydrogen-bond donors (Lipinski definition) is 0. The van der Waals surface area contributed by atoms with Crippen LogP contribution in [-0.2, 0) is 14.3 Å². The van der Waals surface area contributed by atoms with Gasteiger partial charge in [0, 0.05) is 6.08 Å². The van der Waals surface area contributed by atoms with Crippen molar-refractivity contribution in [3.05, 3.63) is 12.0 Å². The number of carbonyl (C=O) groups excluding carboxylic acids is 1. The lowest BCUT2D eigenvalue weighted by Crippen LogP contribution is -2.09. The summed E-state index contributed by atoms with van der Waals surface area (Å²) in [7, 11) is 2.36. The van der Waals surface area contributed by atoms with E-state index in [1.54, 1.807) is 0 Å². The minimum atomic E-state index is -0.707. The SMILES string of the molecule is COC(=O)/C=C(/[O-])OC. The molecule has 0 spiro atoms. The molecule has 0 aliphatic heterocycles. The van der Waals surface area contributed by atoms with E-state index < -0.39 is 11.9 Å². The lowest BCUT2D eigenvalue weighted by Gasteiger charge is -2.05. The van der Waals surface area contributed by atoms with Gasteiger partial charge in [0.05, 0.1) is 13.1 Å². The number of rotatable bonds is 2. The zero-order valence-electron chi connectivity index (χ0n) is 5.21. The second-order valence-corrected chi connectivity index (χ2v) is 1.19. The fourth-order valence-electron chi connectivity index (χ4n) is 0.214. The van der Waals surface area contributed by atoms with Crippen molar-refractivity contribution in [1.29, 1.82) is 0 Å². The Balaban J connectivity index is 3.79. The van der Waals surface area contributed by atoms with Gasteiger partial charge in [-0.2, -0.15) is 0 Å². The van der Waals surface area contributed by atoms with Gasteiger partial charge in [0.1, 0.15) is 0 Å². The maximum Gasteiger partial charge on any atom is 0.332 e. The molecule has 0 aliphatic carbocycles. The van der Waals surface area contributed by atoms with Gasteiger partial charge in [-0.1, -0.05) is 0 Å². The first kappa shape index (κ1) is 7.81. The van der Waals surface area contributed by atoms with Crippen molar-refractivity contribution >= 4 is 5.97 Å². The predicted octanol–water partition coefficient (Wildman–Crippen LogP) is -0.993. The lowest BCUT2D eigenvalue weighted by molar-refractivity contribution is -0.353. The van der Waals surface area contributed by atoms with Crippen LogP contribution < -0.4 is 5.11 Å². The van der Waals surface area contributed by atoms with Crippen LogP contribution in [0.15, 0.2) is 12.0 Å². The summed E-state index contributed by atoms with van der Waals surface area (Å²) in [6.45, 7) is 0. The lowest BCUT2D eigenvalue weighted by atomic mass is 10.6. The Morgan fingerprint density at radius 3 is 2.33 bits per heavy atom. The van der Waals surface area contributed by atoms with Gasteiger partial charge in [0.2, 0.25) is 0 Å². The van der Waals surface area contributed by atoms with Crippen LogP contribution in [0.4, 0.5) is 0 Å². The molecule has 0 saturated carbocycles. The van der Waals surface area contributed by atoms with Gasteiger partial charge in [-0.25, -0.2) is 4.79 Å². The van der Waals surface area contributed by atoms with E-state index in [4.69, 9.17) is 0 Å². The summed E-state index contributed by atoms with van der Waals surface area (Å²) < 4.78 is 8.25. The highest BCUT2D eigenvalue weighted by Gasteiger charge is 1.89. The molecule has 0 atom stereocenters.